The number of hydrogen-bond acceptors (Lipinski definition) is 3. The molecule has 0 aromatic heterocycles. The predicted octanol–water partition coefficient (Wildman–Crippen LogP) is 2.33. The van der Waals surface area contributed by atoms with Gasteiger partial charge in [0.05, 0.1) is 0 Å². The molecule has 0 aliphatic heterocycles. The van der Waals surface area contributed by atoms with Gasteiger partial charge in [0, 0.05) is 0 Å². The molecule has 106 valence electrons. The third-order valence-corrected chi connectivity index (χ3v) is 2.83. The second-order valence-electron chi connectivity index (χ2n) is 3.31. The van der Waals surface area contributed by atoms with Crippen LogP contribution in [0.5, 0.6) is 5.75 Å². The van der Waals surface area contributed by atoms with Crippen LogP contribution in [0.3, 0.4) is 0 Å². The molecule has 19 heavy (non-hydrogen) atoms. The molecule has 0 saturated heterocycles. The molecule has 0 aliphatic rings. The van der Waals surface area contributed by atoms with Crippen molar-refractivity contribution >= 4 is 14.9 Å². The van der Waals surface area contributed by atoms with Gasteiger partial charge in [-0.1, -0.05) is 0 Å². The number of carbonyl (C=O) groups is 1. The maximum Gasteiger partial charge on any atom is 0.320 e. The van der Waals surface area contributed by atoms with E-state index in [9.17, 15) is 26.7 Å². The Balaban J connectivity index is 2.88. The highest BCUT2D eigenvalue weighted by Gasteiger charge is 2.27. The Kier molecular flexibility index (Phi) is 5.02. The van der Waals surface area contributed by atoms with Crippen molar-refractivity contribution in [2.24, 2.45) is 0 Å². The minimum absolute atomic E-state index is 1.00. The molecule has 1 aromatic carbocycles. The van der Waals surface area contributed by atoms with E-state index < -0.39 is 55.8 Å². The summed E-state index contributed by atoms with van der Waals surface area (Å²) < 4.78 is 68.8. The van der Waals surface area contributed by atoms with E-state index in [1.165, 1.54) is 6.92 Å². The van der Waals surface area contributed by atoms with Crippen LogP contribution in [0.2, 0.25) is 0 Å². The standard InChI is InChI=1S/C9H7F5NO3P/c1-2(9(16)17)15-19-18-8-6(13)4(11)3(10)5(12)7(8)14/h2,15,19H,1H3,(H,16,17)/t2-/m0/s1. The first kappa shape index (κ1) is 15.6. The highest BCUT2D eigenvalue weighted by atomic mass is 31.1. The van der Waals surface area contributed by atoms with Crippen LogP contribution >= 0.6 is 8.96 Å². The molecular formula is C9H7F5NO3P. The minimum atomic E-state index is -2.29. The zero-order valence-electron chi connectivity index (χ0n) is 9.23. The number of aliphatic carboxylic acids is 1. The molecule has 0 radical (unpaired) electrons. The van der Waals surface area contributed by atoms with Gasteiger partial charge in [0.2, 0.25) is 34.8 Å². The Morgan fingerprint density at radius 3 is 1.95 bits per heavy atom. The number of nitrogens with one attached hydrogen (secondary N) is 1. The van der Waals surface area contributed by atoms with E-state index in [-0.39, 0.29) is 0 Å². The average molecular weight is 303 g/mol. The number of rotatable bonds is 5. The van der Waals surface area contributed by atoms with Crippen molar-refractivity contribution in [1.29, 1.82) is 0 Å². The summed E-state index contributed by atoms with van der Waals surface area (Å²) in [5, 5.41) is 10.7. The first-order chi connectivity index (χ1) is 8.77. The predicted molar refractivity (Wildman–Crippen MR) is 55.4 cm³/mol. The maximum absolute atomic E-state index is 13.1. The van der Waals surface area contributed by atoms with Gasteiger partial charge in [-0.2, -0.15) is 8.78 Å². The quantitative estimate of drug-likeness (QED) is 0.379. The Bertz CT molecular complexity index is 484. The van der Waals surface area contributed by atoms with Crippen LogP contribution in [-0.2, 0) is 4.79 Å². The van der Waals surface area contributed by atoms with Crippen molar-refractivity contribution in [2.75, 3.05) is 0 Å². The summed E-state index contributed by atoms with van der Waals surface area (Å²) >= 11 is 0. The van der Waals surface area contributed by atoms with E-state index in [1.807, 2.05) is 0 Å². The largest absolute Gasteiger partial charge is 0.480 e. The SMILES string of the molecule is C[C@H](NPOc1c(F)c(F)c(F)c(F)c1F)C(=O)O. The van der Waals surface area contributed by atoms with Crippen molar-refractivity contribution in [1.82, 2.24) is 5.09 Å². The lowest BCUT2D eigenvalue weighted by Gasteiger charge is -2.12. The summed E-state index contributed by atoms with van der Waals surface area (Å²) in [7, 11) is -1.00. The van der Waals surface area contributed by atoms with Crippen LogP contribution < -0.4 is 9.61 Å². The lowest BCUT2D eigenvalue weighted by Crippen LogP contribution is -2.28. The van der Waals surface area contributed by atoms with E-state index in [2.05, 4.69) is 9.61 Å². The molecule has 0 saturated carbocycles. The van der Waals surface area contributed by atoms with Crippen molar-refractivity contribution < 1.29 is 36.4 Å². The minimum Gasteiger partial charge on any atom is -0.480 e. The fraction of sp³-hybridized carbons (Fsp3) is 0.222. The molecule has 1 aromatic rings. The highest BCUT2D eigenvalue weighted by Crippen LogP contribution is 2.31. The Morgan fingerprint density at radius 2 is 1.53 bits per heavy atom. The Hall–Kier alpha value is -1.47. The molecule has 1 unspecified atom stereocenters. The van der Waals surface area contributed by atoms with Gasteiger partial charge in [0.25, 0.3) is 0 Å². The Morgan fingerprint density at radius 1 is 1.11 bits per heavy atom. The van der Waals surface area contributed by atoms with Gasteiger partial charge in [0.1, 0.15) is 15.0 Å². The van der Waals surface area contributed by atoms with Crippen LogP contribution in [0.25, 0.3) is 0 Å². The second-order valence-corrected chi connectivity index (χ2v) is 4.00. The number of hydrogen-bond donors (Lipinski definition) is 2. The van der Waals surface area contributed by atoms with Gasteiger partial charge < -0.3 is 9.63 Å². The van der Waals surface area contributed by atoms with E-state index in [4.69, 9.17) is 5.11 Å². The monoisotopic (exact) mass is 303 g/mol. The number of halogens is 5. The fourth-order valence-electron chi connectivity index (χ4n) is 0.905. The van der Waals surface area contributed by atoms with Gasteiger partial charge in [0.15, 0.2) is 0 Å². The lowest BCUT2D eigenvalue weighted by atomic mass is 10.3. The molecule has 0 bridgehead atoms. The summed E-state index contributed by atoms with van der Waals surface area (Å²) in [5.41, 5.74) is 0. The third kappa shape index (κ3) is 3.30. The molecule has 10 heteroatoms. The zero-order chi connectivity index (χ0) is 14.7. The van der Waals surface area contributed by atoms with Crippen molar-refractivity contribution in [3.63, 3.8) is 0 Å². The topological polar surface area (TPSA) is 58.6 Å². The number of carboxylic acid groups (broad SMARTS) is 1. The number of benzene rings is 1. The first-order valence-corrected chi connectivity index (χ1v) is 5.59. The molecule has 4 nitrogen and oxygen atoms in total. The summed E-state index contributed by atoms with van der Waals surface area (Å²) in [6.45, 7) is 1.21. The normalized spacial score (nSPS) is 12.9. The fourth-order valence-corrected chi connectivity index (χ4v) is 1.55. The van der Waals surface area contributed by atoms with Gasteiger partial charge >= 0.3 is 5.97 Å². The number of carboxylic acids is 1. The molecule has 0 aliphatic carbocycles. The summed E-state index contributed by atoms with van der Waals surface area (Å²) in [6.07, 6.45) is 0. The Labute approximate surface area is 105 Å². The summed E-state index contributed by atoms with van der Waals surface area (Å²) in [5.74, 6) is -13.5. The van der Waals surface area contributed by atoms with Crippen LogP contribution in [0.1, 0.15) is 6.92 Å². The average Bonchev–Trinajstić information content (AvgIpc) is 2.37. The highest BCUT2D eigenvalue weighted by molar-refractivity contribution is 7.30. The van der Waals surface area contributed by atoms with Crippen LogP contribution in [-0.4, -0.2) is 17.1 Å². The molecule has 0 fully saturated rings. The molecule has 2 N–H and O–H groups in total. The van der Waals surface area contributed by atoms with E-state index in [0.29, 0.717) is 0 Å². The van der Waals surface area contributed by atoms with Gasteiger partial charge in [-0.05, 0) is 6.92 Å². The smallest absolute Gasteiger partial charge is 0.320 e. The van der Waals surface area contributed by atoms with Crippen molar-refractivity contribution in [3.8, 4) is 5.75 Å². The molecule has 1 rings (SSSR count). The van der Waals surface area contributed by atoms with Gasteiger partial charge in [-0.3, -0.25) is 9.88 Å². The van der Waals surface area contributed by atoms with Crippen molar-refractivity contribution in [3.05, 3.63) is 29.1 Å². The molecular weight excluding hydrogens is 296 g/mol. The lowest BCUT2D eigenvalue weighted by molar-refractivity contribution is -0.138. The second kappa shape index (κ2) is 6.12. The van der Waals surface area contributed by atoms with E-state index in [0.717, 1.165) is 0 Å². The van der Waals surface area contributed by atoms with E-state index >= 15 is 0 Å². The summed E-state index contributed by atoms with van der Waals surface area (Å²) in [6, 6.07) is -1.11. The molecule has 2 atom stereocenters. The third-order valence-electron chi connectivity index (χ3n) is 1.97. The maximum atomic E-state index is 13.1. The van der Waals surface area contributed by atoms with Crippen LogP contribution in [0.15, 0.2) is 0 Å². The molecule has 0 spiro atoms. The van der Waals surface area contributed by atoms with Gasteiger partial charge in [-0.25, -0.2) is 13.2 Å². The van der Waals surface area contributed by atoms with Crippen LogP contribution in [0.4, 0.5) is 22.0 Å². The zero-order valence-corrected chi connectivity index (χ0v) is 10.2. The van der Waals surface area contributed by atoms with E-state index in [1.54, 1.807) is 0 Å². The molecule has 0 heterocycles. The van der Waals surface area contributed by atoms with Gasteiger partial charge in [-0.15, -0.1) is 0 Å². The first-order valence-electron chi connectivity index (χ1n) is 4.69. The molecule has 0 amide bonds. The summed E-state index contributed by atoms with van der Waals surface area (Å²) in [4.78, 5) is 10.4. The van der Waals surface area contributed by atoms with Crippen LogP contribution in [0, 0.1) is 29.1 Å². The van der Waals surface area contributed by atoms with Crippen molar-refractivity contribution in [2.45, 2.75) is 13.0 Å².